The molecule has 1 aliphatic rings. The van der Waals surface area contributed by atoms with Gasteiger partial charge in [-0.05, 0) is 43.7 Å². The molecule has 3 rings (SSSR count). The van der Waals surface area contributed by atoms with E-state index < -0.39 is 0 Å². The number of nitrogens with one attached hydrogen (secondary N) is 1. The fraction of sp³-hybridized carbons (Fsp3) is 0.333. The maximum Gasteiger partial charge on any atom is 0.238 e. The Bertz CT molecular complexity index is 910. The molecule has 0 spiro atoms. The minimum Gasteiger partial charge on any atom is -0.497 e. The highest BCUT2D eigenvalue weighted by Crippen LogP contribution is 2.38. The van der Waals surface area contributed by atoms with Gasteiger partial charge < -0.3 is 14.8 Å². The van der Waals surface area contributed by atoms with Gasteiger partial charge in [-0.2, -0.15) is 5.26 Å². The molecule has 1 saturated heterocycles. The molecule has 1 atom stereocenters. The lowest BCUT2D eigenvalue weighted by Gasteiger charge is -2.26. The summed E-state index contributed by atoms with van der Waals surface area (Å²) in [4.78, 5) is 14.7. The van der Waals surface area contributed by atoms with Crippen molar-refractivity contribution in [2.75, 3.05) is 32.6 Å². The minimum atomic E-state index is -0.182. The van der Waals surface area contributed by atoms with E-state index in [1.54, 1.807) is 32.4 Å². The standard InChI is InChI=1S/C21H22ClN3O3/c1-27-16-7-8-17(20(11-16)28-2)19-4-3-9-25(19)13-21(26)24-18-10-15(22)6-5-14(18)12-23/h5-8,10-11,19H,3-4,9,13H2,1-2H3,(H,24,26)/t19-/m0/s1. The van der Waals surface area contributed by atoms with E-state index in [9.17, 15) is 10.1 Å². The summed E-state index contributed by atoms with van der Waals surface area (Å²) < 4.78 is 10.8. The molecule has 1 amide bonds. The summed E-state index contributed by atoms with van der Waals surface area (Å²) in [5, 5.41) is 12.5. The number of hydrogen-bond donors (Lipinski definition) is 1. The molecule has 1 N–H and O–H groups in total. The molecular weight excluding hydrogens is 378 g/mol. The Balaban J connectivity index is 1.75. The zero-order valence-electron chi connectivity index (χ0n) is 15.9. The topological polar surface area (TPSA) is 74.6 Å². The van der Waals surface area contributed by atoms with Gasteiger partial charge in [-0.1, -0.05) is 17.7 Å². The summed E-state index contributed by atoms with van der Waals surface area (Å²) in [6.07, 6.45) is 1.93. The van der Waals surface area contributed by atoms with Crippen LogP contribution in [0.4, 0.5) is 5.69 Å². The molecule has 0 radical (unpaired) electrons. The van der Waals surface area contributed by atoms with Crippen LogP contribution < -0.4 is 14.8 Å². The van der Waals surface area contributed by atoms with Crippen LogP contribution in [0.2, 0.25) is 5.02 Å². The number of carbonyl (C=O) groups is 1. The molecule has 0 aromatic heterocycles. The van der Waals surface area contributed by atoms with Crippen LogP contribution in [0, 0.1) is 11.3 Å². The molecular formula is C21H22ClN3O3. The average Bonchev–Trinajstić information content (AvgIpc) is 3.15. The van der Waals surface area contributed by atoms with Gasteiger partial charge in [0.05, 0.1) is 32.0 Å². The lowest BCUT2D eigenvalue weighted by atomic mass is 10.0. The lowest BCUT2D eigenvalue weighted by Crippen LogP contribution is -2.33. The second-order valence-electron chi connectivity index (χ2n) is 6.59. The van der Waals surface area contributed by atoms with E-state index >= 15 is 0 Å². The van der Waals surface area contributed by atoms with Crippen LogP contribution in [-0.2, 0) is 4.79 Å². The zero-order chi connectivity index (χ0) is 20.1. The van der Waals surface area contributed by atoms with E-state index in [1.807, 2.05) is 18.2 Å². The molecule has 2 aromatic rings. The van der Waals surface area contributed by atoms with Crippen molar-refractivity contribution in [3.8, 4) is 17.6 Å². The van der Waals surface area contributed by atoms with Gasteiger partial charge in [-0.3, -0.25) is 9.69 Å². The summed E-state index contributed by atoms with van der Waals surface area (Å²) in [6.45, 7) is 1.03. The number of nitriles is 1. The number of benzene rings is 2. The highest BCUT2D eigenvalue weighted by molar-refractivity contribution is 6.31. The molecule has 7 heteroatoms. The van der Waals surface area contributed by atoms with Crippen LogP contribution >= 0.6 is 11.6 Å². The van der Waals surface area contributed by atoms with Gasteiger partial charge in [0.1, 0.15) is 17.6 Å². The molecule has 0 bridgehead atoms. The van der Waals surface area contributed by atoms with Crippen molar-refractivity contribution in [2.45, 2.75) is 18.9 Å². The first kappa shape index (κ1) is 20.0. The number of likely N-dealkylation sites (tertiary alicyclic amines) is 1. The molecule has 28 heavy (non-hydrogen) atoms. The van der Waals surface area contributed by atoms with Gasteiger partial charge in [0.25, 0.3) is 0 Å². The summed E-state index contributed by atoms with van der Waals surface area (Å²) in [6, 6.07) is 12.7. The normalized spacial score (nSPS) is 16.4. The number of nitrogens with zero attached hydrogens (tertiary/aromatic N) is 2. The van der Waals surface area contributed by atoms with Gasteiger partial charge in [-0.25, -0.2) is 0 Å². The number of halogens is 1. The van der Waals surface area contributed by atoms with Crippen molar-refractivity contribution in [2.24, 2.45) is 0 Å². The molecule has 0 saturated carbocycles. The van der Waals surface area contributed by atoms with Crippen LogP contribution in [0.25, 0.3) is 0 Å². The summed E-state index contributed by atoms with van der Waals surface area (Å²) in [5.74, 6) is 1.30. The van der Waals surface area contributed by atoms with Crippen LogP contribution in [-0.4, -0.2) is 38.1 Å². The largest absolute Gasteiger partial charge is 0.497 e. The Morgan fingerprint density at radius 2 is 2.11 bits per heavy atom. The first-order chi connectivity index (χ1) is 13.5. The molecule has 1 heterocycles. The third-order valence-electron chi connectivity index (χ3n) is 4.89. The monoisotopic (exact) mass is 399 g/mol. The van der Waals surface area contributed by atoms with E-state index in [0.717, 1.165) is 36.4 Å². The fourth-order valence-corrected chi connectivity index (χ4v) is 3.72. The van der Waals surface area contributed by atoms with Gasteiger partial charge >= 0.3 is 0 Å². The second-order valence-corrected chi connectivity index (χ2v) is 7.02. The fourth-order valence-electron chi connectivity index (χ4n) is 3.55. The molecule has 0 unspecified atom stereocenters. The number of hydrogen-bond acceptors (Lipinski definition) is 5. The third-order valence-corrected chi connectivity index (χ3v) is 5.12. The van der Waals surface area contributed by atoms with E-state index in [-0.39, 0.29) is 18.5 Å². The minimum absolute atomic E-state index is 0.0846. The number of amides is 1. The van der Waals surface area contributed by atoms with Crippen LogP contribution in [0.5, 0.6) is 11.5 Å². The summed E-state index contributed by atoms with van der Waals surface area (Å²) in [7, 11) is 3.25. The first-order valence-corrected chi connectivity index (χ1v) is 9.39. The van der Waals surface area contributed by atoms with Crippen molar-refractivity contribution in [3.63, 3.8) is 0 Å². The zero-order valence-corrected chi connectivity index (χ0v) is 16.6. The Morgan fingerprint density at radius 1 is 1.29 bits per heavy atom. The van der Waals surface area contributed by atoms with Crippen molar-refractivity contribution < 1.29 is 14.3 Å². The molecule has 0 aliphatic carbocycles. The number of anilines is 1. The van der Waals surface area contributed by atoms with Crippen molar-refractivity contribution in [1.82, 2.24) is 4.90 Å². The van der Waals surface area contributed by atoms with Gasteiger partial charge in [0.2, 0.25) is 5.91 Å². The van der Waals surface area contributed by atoms with E-state index in [0.29, 0.717) is 16.3 Å². The number of ether oxygens (including phenoxy) is 2. The highest BCUT2D eigenvalue weighted by Gasteiger charge is 2.30. The smallest absolute Gasteiger partial charge is 0.238 e. The number of carbonyl (C=O) groups excluding carboxylic acids is 1. The molecule has 1 aliphatic heterocycles. The maximum atomic E-state index is 12.6. The molecule has 146 valence electrons. The van der Waals surface area contributed by atoms with Gasteiger partial charge in [0.15, 0.2) is 0 Å². The molecule has 6 nitrogen and oxygen atoms in total. The van der Waals surface area contributed by atoms with Crippen molar-refractivity contribution in [3.05, 3.63) is 52.5 Å². The van der Waals surface area contributed by atoms with E-state index in [2.05, 4.69) is 16.3 Å². The summed E-state index contributed by atoms with van der Waals surface area (Å²) in [5.41, 5.74) is 1.85. The Hall–Kier alpha value is -2.75. The highest BCUT2D eigenvalue weighted by atomic mass is 35.5. The SMILES string of the molecule is COc1ccc([C@@H]2CCCN2CC(=O)Nc2cc(Cl)ccc2C#N)c(OC)c1. The van der Waals surface area contributed by atoms with E-state index in [4.69, 9.17) is 21.1 Å². The molecule has 1 fully saturated rings. The van der Waals surface area contributed by atoms with Crippen LogP contribution in [0.3, 0.4) is 0 Å². The Kier molecular flexibility index (Phi) is 6.40. The quantitative estimate of drug-likeness (QED) is 0.794. The van der Waals surface area contributed by atoms with Gasteiger partial charge in [-0.15, -0.1) is 0 Å². The second kappa shape index (κ2) is 8.96. The maximum absolute atomic E-state index is 12.6. The Morgan fingerprint density at radius 3 is 2.82 bits per heavy atom. The van der Waals surface area contributed by atoms with Crippen molar-refractivity contribution >= 4 is 23.2 Å². The lowest BCUT2D eigenvalue weighted by molar-refractivity contribution is -0.117. The van der Waals surface area contributed by atoms with Crippen molar-refractivity contribution in [1.29, 1.82) is 5.26 Å². The number of rotatable bonds is 6. The van der Waals surface area contributed by atoms with Crippen LogP contribution in [0.15, 0.2) is 36.4 Å². The molecule has 2 aromatic carbocycles. The van der Waals surface area contributed by atoms with E-state index in [1.165, 1.54) is 0 Å². The summed E-state index contributed by atoms with van der Waals surface area (Å²) >= 11 is 5.99. The predicted molar refractivity (Wildman–Crippen MR) is 108 cm³/mol. The number of methoxy groups -OCH3 is 2. The Labute approximate surface area is 169 Å². The third kappa shape index (κ3) is 4.38. The van der Waals surface area contributed by atoms with Gasteiger partial charge in [0, 0.05) is 22.7 Å². The van der Waals surface area contributed by atoms with Crippen LogP contribution in [0.1, 0.15) is 30.0 Å². The first-order valence-electron chi connectivity index (χ1n) is 9.01. The average molecular weight is 400 g/mol. The predicted octanol–water partition coefficient (Wildman–Crippen LogP) is 4.00.